The molecule has 0 aliphatic carbocycles. The van der Waals surface area contributed by atoms with Crippen LogP contribution in [0.4, 0.5) is 0 Å². The summed E-state index contributed by atoms with van der Waals surface area (Å²) in [4.78, 5) is 0. The van der Waals surface area contributed by atoms with Gasteiger partial charge in [0.15, 0.2) is 11.5 Å². The van der Waals surface area contributed by atoms with Gasteiger partial charge < -0.3 is 13.3 Å². The van der Waals surface area contributed by atoms with E-state index in [0.717, 1.165) is 5.56 Å². The van der Waals surface area contributed by atoms with Crippen molar-refractivity contribution in [1.82, 2.24) is 0 Å². The Morgan fingerprint density at radius 2 is 1.64 bits per heavy atom. The summed E-state index contributed by atoms with van der Waals surface area (Å²) >= 11 is 0. The largest absolute Gasteiger partial charge is 0.538 e. The summed E-state index contributed by atoms with van der Waals surface area (Å²) in [6, 6.07) is 3.50. The van der Waals surface area contributed by atoms with E-state index in [1.54, 1.807) is 18.2 Å². The highest BCUT2D eigenvalue weighted by atomic mass is 28.2. The molecule has 0 unspecified atom stereocenters. The first-order valence-electron chi connectivity index (χ1n) is 3.58. The summed E-state index contributed by atoms with van der Waals surface area (Å²) in [5.41, 5.74) is 0.778. The van der Waals surface area contributed by atoms with Gasteiger partial charge in [0, 0.05) is 5.56 Å². The average Bonchev–Trinajstić information content (AvgIpc) is 2.26. The molecular formula is C8H5O3Si3. The lowest BCUT2D eigenvalue weighted by atomic mass is 10.2. The van der Waals surface area contributed by atoms with Crippen molar-refractivity contribution in [3.8, 4) is 17.2 Å². The van der Waals surface area contributed by atoms with Crippen molar-refractivity contribution in [3.05, 3.63) is 24.3 Å². The van der Waals surface area contributed by atoms with Crippen LogP contribution in [0.15, 0.2) is 18.7 Å². The van der Waals surface area contributed by atoms with Crippen LogP contribution in [0.1, 0.15) is 5.56 Å². The molecule has 0 saturated carbocycles. The Balaban J connectivity index is 3.35. The predicted octanol–water partition coefficient (Wildman–Crippen LogP) is 0.716. The van der Waals surface area contributed by atoms with Gasteiger partial charge in [-0.1, -0.05) is 12.7 Å². The molecular weight excluding hydrogens is 228 g/mol. The van der Waals surface area contributed by atoms with E-state index in [2.05, 4.69) is 38.0 Å². The lowest BCUT2D eigenvalue weighted by Crippen LogP contribution is -1.98. The van der Waals surface area contributed by atoms with E-state index in [1.165, 1.54) is 0 Å². The van der Waals surface area contributed by atoms with Crippen LogP contribution in [-0.4, -0.2) is 31.5 Å². The van der Waals surface area contributed by atoms with Crippen LogP contribution in [0.3, 0.4) is 0 Å². The number of hydrogen-bond acceptors (Lipinski definition) is 3. The Bertz CT molecular complexity index is 341. The first kappa shape index (κ1) is 11.1. The Morgan fingerprint density at radius 1 is 1.00 bits per heavy atom. The third kappa shape index (κ3) is 1.91. The molecule has 0 atom stereocenters. The van der Waals surface area contributed by atoms with Crippen LogP contribution >= 0.6 is 0 Å². The van der Waals surface area contributed by atoms with Crippen molar-refractivity contribution in [2.24, 2.45) is 0 Å². The number of benzene rings is 1. The summed E-state index contributed by atoms with van der Waals surface area (Å²) in [7, 11) is 8.76. The molecule has 0 aliphatic rings. The highest BCUT2D eigenvalue weighted by Gasteiger charge is 2.12. The van der Waals surface area contributed by atoms with E-state index >= 15 is 0 Å². The topological polar surface area (TPSA) is 27.7 Å². The zero-order chi connectivity index (χ0) is 10.6. The minimum atomic E-state index is 0.407. The van der Waals surface area contributed by atoms with Crippen molar-refractivity contribution in [2.75, 3.05) is 0 Å². The summed E-state index contributed by atoms with van der Waals surface area (Å²) in [6.07, 6.45) is 1.64. The Kier molecular flexibility index (Phi) is 3.99. The molecule has 1 rings (SSSR count). The monoisotopic (exact) mass is 233 g/mol. The molecule has 0 amide bonds. The van der Waals surface area contributed by atoms with Gasteiger partial charge in [-0.3, -0.25) is 0 Å². The zero-order valence-electron chi connectivity index (χ0n) is 7.16. The fourth-order valence-corrected chi connectivity index (χ4v) is 1.57. The van der Waals surface area contributed by atoms with E-state index in [1.807, 2.05) is 0 Å². The summed E-state index contributed by atoms with van der Waals surface area (Å²) < 4.78 is 14.8. The minimum Gasteiger partial charge on any atom is -0.538 e. The zero-order valence-corrected chi connectivity index (χ0v) is 10.2. The molecule has 3 nitrogen and oxygen atoms in total. The van der Waals surface area contributed by atoms with Crippen LogP contribution in [0, 0.1) is 0 Å². The molecule has 0 saturated heterocycles. The van der Waals surface area contributed by atoms with Gasteiger partial charge in [0.05, 0.1) is 0 Å². The fourth-order valence-electron chi connectivity index (χ4n) is 1.00. The molecule has 0 N–H and O–H groups in total. The number of hydrogen-bond donors (Lipinski definition) is 0. The minimum absolute atomic E-state index is 0.407. The first-order valence-corrected chi connectivity index (χ1v) is 4.81. The normalized spacial score (nSPS) is 9.36. The maximum atomic E-state index is 4.98. The smallest absolute Gasteiger partial charge is 0.341 e. The van der Waals surface area contributed by atoms with Gasteiger partial charge in [-0.15, -0.1) is 0 Å². The molecule has 1 aromatic rings. The molecule has 1 aromatic carbocycles. The highest BCUT2D eigenvalue weighted by molar-refractivity contribution is 6.04. The van der Waals surface area contributed by atoms with Crippen molar-refractivity contribution in [1.29, 1.82) is 0 Å². The molecule has 0 bridgehead atoms. The Labute approximate surface area is 92.7 Å². The van der Waals surface area contributed by atoms with Crippen molar-refractivity contribution < 1.29 is 13.3 Å². The fraction of sp³-hybridized carbons (Fsp3) is 0. The highest BCUT2D eigenvalue weighted by Crippen LogP contribution is 2.39. The molecule has 0 spiro atoms. The van der Waals surface area contributed by atoms with Gasteiger partial charge in [-0.25, -0.2) is 0 Å². The number of rotatable bonds is 4. The van der Waals surface area contributed by atoms with Crippen LogP contribution in [0.25, 0.3) is 6.08 Å². The van der Waals surface area contributed by atoms with Gasteiger partial charge in [0.25, 0.3) is 0 Å². The van der Waals surface area contributed by atoms with E-state index in [-0.39, 0.29) is 0 Å². The molecule has 6 heteroatoms. The molecule has 0 heterocycles. The summed E-state index contributed by atoms with van der Waals surface area (Å²) in [5.74, 6) is 1.36. The van der Waals surface area contributed by atoms with E-state index < -0.39 is 0 Å². The Hall–Kier alpha value is -0.989. The summed E-state index contributed by atoms with van der Waals surface area (Å²) in [5, 5.41) is 0. The molecule has 67 valence electrons. The standard InChI is InChI=1S/C8H5O3Si3/c1-2-5-3-4-6(9-12)8(11-14)7(5)10-13/h2-4H,1H2. The second-order valence-electron chi connectivity index (χ2n) is 2.32. The Morgan fingerprint density at radius 3 is 2.07 bits per heavy atom. The van der Waals surface area contributed by atoms with Crippen LogP contribution in [-0.2, 0) is 0 Å². The van der Waals surface area contributed by atoms with Crippen molar-refractivity contribution in [2.45, 2.75) is 0 Å². The lowest BCUT2D eigenvalue weighted by Gasteiger charge is -2.14. The second kappa shape index (κ2) is 5.03. The molecule has 0 fully saturated rings. The van der Waals surface area contributed by atoms with Gasteiger partial charge in [-0.2, -0.15) is 0 Å². The van der Waals surface area contributed by atoms with Crippen molar-refractivity contribution >= 4 is 37.5 Å². The van der Waals surface area contributed by atoms with E-state index in [4.69, 9.17) is 13.3 Å². The molecule has 0 aromatic heterocycles. The molecule has 0 aliphatic heterocycles. The van der Waals surface area contributed by atoms with Crippen LogP contribution < -0.4 is 13.3 Å². The second-order valence-corrected chi connectivity index (χ2v) is 2.93. The van der Waals surface area contributed by atoms with Gasteiger partial charge in [-0.05, 0) is 12.1 Å². The maximum absolute atomic E-state index is 4.98. The van der Waals surface area contributed by atoms with Gasteiger partial charge in [0.1, 0.15) is 5.75 Å². The third-order valence-electron chi connectivity index (χ3n) is 1.64. The summed E-state index contributed by atoms with van der Waals surface area (Å²) in [6.45, 7) is 3.64. The molecule has 9 radical (unpaired) electrons. The maximum Gasteiger partial charge on any atom is 0.341 e. The van der Waals surface area contributed by atoms with Gasteiger partial charge in [0.2, 0.25) is 0 Å². The van der Waals surface area contributed by atoms with Crippen LogP contribution in [0.5, 0.6) is 17.2 Å². The van der Waals surface area contributed by atoms with Gasteiger partial charge >= 0.3 is 31.5 Å². The van der Waals surface area contributed by atoms with E-state index in [9.17, 15) is 0 Å². The quantitative estimate of drug-likeness (QED) is 0.717. The SMILES string of the molecule is C=Cc1ccc(O[Si])c(O[Si])c1O[Si]. The lowest BCUT2D eigenvalue weighted by molar-refractivity contribution is 0.503. The predicted molar refractivity (Wildman–Crippen MR) is 55.7 cm³/mol. The van der Waals surface area contributed by atoms with Crippen LogP contribution in [0.2, 0.25) is 0 Å². The van der Waals surface area contributed by atoms with Crippen molar-refractivity contribution in [3.63, 3.8) is 0 Å². The van der Waals surface area contributed by atoms with E-state index in [0.29, 0.717) is 17.2 Å². The first-order chi connectivity index (χ1) is 6.78. The molecule has 14 heavy (non-hydrogen) atoms. The average molecular weight is 233 g/mol. The third-order valence-corrected chi connectivity index (χ3v) is 2.27.